The monoisotopic (exact) mass is 395 g/mol. The molecular weight excluding hydrogens is 358 g/mol. The van der Waals surface area contributed by atoms with Gasteiger partial charge in [-0.25, -0.2) is 4.31 Å². The van der Waals surface area contributed by atoms with Crippen molar-refractivity contribution in [2.75, 3.05) is 39.3 Å². The van der Waals surface area contributed by atoms with E-state index in [-0.39, 0.29) is 11.8 Å². The van der Waals surface area contributed by atoms with Crippen molar-refractivity contribution in [2.45, 2.75) is 70.6 Å². The molecule has 3 fully saturated rings. The van der Waals surface area contributed by atoms with Crippen LogP contribution in [0.25, 0.3) is 0 Å². The van der Waals surface area contributed by atoms with E-state index in [1.165, 1.54) is 12.8 Å². The molecule has 0 spiro atoms. The summed E-state index contributed by atoms with van der Waals surface area (Å²) in [7, 11) is 0. The van der Waals surface area contributed by atoms with Crippen LogP contribution in [0, 0.1) is 11.8 Å². The maximum atomic E-state index is 12.2. The van der Waals surface area contributed by atoms with Crippen molar-refractivity contribution < 1.29 is 9.59 Å². The first-order chi connectivity index (χ1) is 12.9. The average Bonchev–Trinajstić information content (AvgIpc) is 2.68. The standard InChI is InChI=1S/C21H37N3O2S/c1-16(2)21(26)18-4-6-19(7-5-18)23-12-14-24(15-13-23)27-20-8-10-22(11-9-20)17(3)25/h16,18-20H,4-15H2,1-3H3. The summed E-state index contributed by atoms with van der Waals surface area (Å²) in [6.07, 6.45) is 6.81. The lowest BCUT2D eigenvalue weighted by molar-refractivity contribution is -0.129. The Balaban J connectivity index is 1.35. The smallest absolute Gasteiger partial charge is 0.219 e. The Labute approximate surface area is 169 Å². The number of likely N-dealkylation sites (tertiary alicyclic amines) is 1. The zero-order chi connectivity index (χ0) is 19.4. The summed E-state index contributed by atoms with van der Waals surface area (Å²) >= 11 is 2.04. The molecule has 0 N–H and O–H groups in total. The van der Waals surface area contributed by atoms with Crippen molar-refractivity contribution in [3.8, 4) is 0 Å². The summed E-state index contributed by atoms with van der Waals surface area (Å²) in [6, 6.07) is 0.687. The highest BCUT2D eigenvalue weighted by molar-refractivity contribution is 7.97. The van der Waals surface area contributed by atoms with Gasteiger partial charge in [0.15, 0.2) is 0 Å². The van der Waals surface area contributed by atoms with E-state index in [4.69, 9.17) is 0 Å². The number of nitrogens with zero attached hydrogens (tertiary/aromatic N) is 3. The Morgan fingerprint density at radius 2 is 1.44 bits per heavy atom. The molecule has 1 aliphatic carbocycles. The van der Waals surface area contributed by atoms with Crippen LogP contribution in [-0.2, 0) is 9.59 Å². The number of carbonyl (C=O) groups excluding carboxylic acids is 2. The third-order valence-electron chi connectivity index (χ3n) is 6.64. The van der Waals surface area contributed by atoms with Gasteiger partial charge in [0.1, 0.15) is 5.78 Å². The number of piperazine rings is 1. The minimum Gasteiger partial charge on any atom is -0.343 e. The molecule has 0 unspecified atom stereocenters. The topological polar surface area (TPSA) is 43.9 Å². The first-order valence-corrected chi connectivity index (χ1v) is 11.7. The second kappa shape index (κ2) is 9.75. The van der Waals surface area contributed by atoms with Crippen LogP contribution in [0.5, 0.6) is 0 Å². The summed E-state index contributed by atoms with van der Waals surface area (Å²) in [4.78, 5) is 28.3. The number of ketones is 1. The number of piperidine rings is 1. The SMILES string of the molecule is CC(=O)N1CCC(SN2CCN(C3CCC(C(=O)C(C)C)CC3)CC2)CC1. The number of amides is 1. The number of Topliss-reactive ketones (excluding diaryl/α,β-unsaturated/α-hetero) is 1. The Morgan fingerprint density at radius 3 is 1.96 bits per heavy atom. The van der Waals surface area contributed by atoms with Crippen molar-refractivity contribution >= 4 is 23.6 Å². The van der Waals surface area contributed by atoms with Crippen LogP contribution in [0.4, 0.5) is 0 Å². The zero-order valence-electron chi connectivity index (χ0n) is 17.4. The van der Waals surface area contributed by atoms with E-state index in [1.807, 2.05) is 30.7 Å². The van der Waals surface area contributed by atoms with E-state index in [2.05, 4.69) is 9.21 Å². The normalized spacial score (nSPS) is 29.3. The first kappa shape index (κ1) is 21.1. The van der Waals surface area contributed by atoms with Gasteiger partial charge in [0.2, 0.25) is 5.91 Å². The van der Waals surface area contributed by atoms with Crippen molar-refractivity contribution in [1.82, 2.24) is 14.1 Å². The molecule has 0 radical (unpaired) electrons. The van der Waals surface area contributed by atoms with Crippen molar-refractivity contribution in [3.05, 3.63) is 0 Å². The number of hydrogen-bond acceptors (Lipinski definition) is 5. The van der Waals surface area contributed by atoms with E-state index in [1.54, 1.807) is 6.92 Å². The van der Waals surface area contributed by atoms with Crippen LogP contribution >= 0.6 is 11.9 Å². The van der Waals surface area contributed by atoms with E-state index in [0.717, 1.165) is 65.0 Å². The maximum Gasteiger partial charge on any atom is 0.219 e. The lowest BCUT2D eigenvalue weighted by Gasteiger charge is -2.42. The molecule has 154 valence electrons. The average molecular weight is 396 g/mol. The van der Waals surface area contributed by atoms with E-state index in [9.17, 15) is 9.59 Å². The highest BCUT2D eigenvalue weighted by Gasteiger charge is 2.32. The summed E-state index contributed by atoms with van der Waals surface area (Å²) in [5, 5.41) is 0.671. The molecule has 1 amide bonds. The van der Waals surface area contributed by atoms with E-state index in [0.29, 0.717) is 23.0 Å². The highest BCUT2D eigenvalue weighted by Crippen LogP contribution is 2.32. The Morgan fingerprint density at radius 1 is 0.852 bits per heavy atom. The summed E-state index contributed by atoms with van der Waals surface area (Å²) in [5.41, 5.74) is 0. The predicted octanol–water partition coefficient (Wildman–Crippen LogP) is 3.05. The highest BCUT2D eigenvalue weighted by atomic mass is 32.2. The third kappa shape index (κ3) is 5.70. The molecule has 3 aliphatic rings. The summed E-state index contributed by atoms with van der Waals surface area (Å²) in [5.74, 6) is 1.20. The Kier molecular flexibility index (Phi) is 7.63. The molecular formula is C21H37N3O2S. The molecule has 5 nitrogen and oxygen atoms in total. The summed E-state index contributed by atoms with van der Waals surface area (Å²) < 4.78 is 2.55. The maximum absolute atomic E-state index is 12.2. The van der Waals surface area contributed by atoms with Crippen LogP contribution < -0.4 is 0 Å². The first-order valence-electron chi connectivity index (χ1n) is 10.9. The van der Waals surface area contributed by atoms with Crippen LogP contribution in [0.15, 0.2) is 0 Å². The van der Waals surface area contributed by atoms with Crippen molar-refractivity contribution in [2.24, 2.45) is 11.8 Å². The number of carbonyl (C=O) groups is 2. The predicted molar refractivity (Wildman–Crippen MR) is 112 cm³/mol. The van der Waals surface area contributed by atoms with Crippen LogP contribution in [-0.4, -0.2) is 76.4 Å². The van der Waals surface area contributed by atoms with Gasteiger partial charge < -0.3 is 4.90 Å². The van der Waals surface area contributed by atoms with Gasteiger partial charge in [-0.3, -0.25) is 14.5 Å². The lowest BCUT2D eigenvalue weighted by atomic mass is 9.80. The second-order valence-electron chi connectivity index (χ2n) is 8.84. The molecule has 2 heterocycles. The van der Waals surface area contributed by atoms with Crippen LogP contribution in [0.1, 0.15) is 59.3 Å². The molecule has 2 aliphatic heterocycles. The molecule has 1 saturated carbocycles. The van der Waals surface area contributed by atoms with Gasteiger partial charge >= 0.3 is 0 Å². The molecule has 0 bridgehead atoms. The largest absolute Gasteiger partial charge is 0.343 e. The molecule has 27 heavy (non-hydrogen) atoms. The second-order valence-corrected chi connectivity index (χ2v) is 10.2. The molecule has 0 aromatic heterocycles. The van der Waals surface area contributed by atoms with Gasteiger partial charge in [0.25, 0.3) is 0 Å². The van der Waals surface area contributed by atoms with E-state index < -0.39 is 0 Å². The van der Waals surface area contributed by atoms with Gasteiger partial charge in [-0.2, -0.15) is 0 Å². The Hall–Kier alpha value is -0.590. The van der Waals surface area contributed by atoms with E-state index >= 15 is 0 Å². The fourth-order valence-electron chi connectivity index (χ4n) is 4.86. The molecule has 0 aromatic carbocycles. The fourth-order valence-corrected chi connectivity index (χ4v) is 6.08. The fraction of sp³-hybridized carbons (Fsp3) is 0.905. The van der Waals surface area contributed by atoms with Crippen molar-refractivity contribution in [1.29, 1.82) is 0 Å². The van der Waals surface area contributed by atoms with Gasteiger partial charge in [0.05, 0.1) is 0 Å². The van der Waals surface area contributed by atoms with Crippen molar-refractivity contribution in [3.63, 3.8) is 0 Å². The molecule has 0 aromatic rings. The minimum absolute atomic E-state index is 0.189. The number of hydrogen-bond donors (Lipinski definition) is 0. The molecule has 2 saturated heterocycles. The Bertz CT molecular complexity index is 504. The van der Waals surface area contributed by atoms with Gasteiger partial charge in [-0.15, -0.1) is 0 Å². The molecule has 6 heteroatoms. The third-order valence-corrected chi connectivity index (χ3v) is 8.08. The van der Waals surface area contributed by atoms with Crippen LogP contribution in [0.2, 0.25) is 0 Å². The molecule has 0 atom stereocenters. The lowest BCUT2D eigenvalue weighted by Crippen LogP contribution is -2.50. The quantitative estimate of drug-likeness (QED) is 0.670. The minimum atomic E-state index is 0.189. The zero-order valence-corrected chi connectivity index (χ0v) is 18.2. The van der Waals surface area contributed by atoms with Crippen LogP contribution in [0.3, 0.4) is 0 Å². The van der Waals surface area contributed by atoms with Gasteiger partial charge in [-0.1, -0.05) is 25.8 Å². The summed E-state index contributed by atoms with van der Waals surface area (Å²) in [6.45, 7) is 12.2. The number of rotatable bonds is 5. The molecule has 3 rings (SSSR count). The van der Waals surface area contributed by atoms with Gasteiger partial charge in [0, 0.05) is 69.3 Å². The van der Waals surface area contributed by atoms with Gasteiger partial charge in [-0.05, 0) is 38.5 Å².